The van der Waals surface area contributed by atoms with Crippen LogP contribution in [0.1, 0.15) is 16.1 Å². The molecule has 0 fully saturated rings. The lowest BCUT2D eigenvalue weighted by molar-refractivity contribution is 0.0947. The SMILES string of the molecule is CSc1ccccc1C(=O)NCc1nccnc1-c1ccco1. The summed E-state index contributed by atoms with van der Waals surface area (Å²) in [4.78, 5) is 21.9. The van der Waals surface area contributed by atoms with Gasteiger partial charge in [0, 0.05) is 17.3 Å². The van der Waals surface area contributed by atoms with Gasteiger partial charge in [-0.25, -0.2) is 4.98 Å². The first-order valence-electron chi connectivity index (χ1n) is 7.04. The summed E-state index contributed by atoms with van der Waals surface area (Å²) in [7, 11) is 0. The van der Waals surface area contributed by atoms with Crippen LogP contribution in [0.15, 0.2) is 64.4 Å². The molecular formula is C17H15N3O2S. The van der Waals surface area contributed by atoms with E-state index in [0.717, 1.165) is 4.90 Å². The van der Waals surface area contributed by atoms with Crippen LogP contribution < -0.4 is 5.32 Å². The maximum absolute atomic E-state index is 12.4. The second kappa shape index (κ2) is 7.11. The van der Waals surface area contributed by atoms with Gasteiger partial charge in [0.25, 0.3) is 5.91 Å². The van der Waals surface area contributed by atoms with Gasteiger partial charge in [0.05, 0.1) is 24.1 Å². The third-order valence-corrected chi connectivity index (χ3v) is 4.09. The number of carbonyl (C=O) groups is 1. The molecule has 2 heterocycles. The van der Waals surface area contributed by atoms with Gasteiger partial charge in [0.2, 0.25) is 0 Å². The molecule has 0 bridgehead atoms. The van der Waals surface area contributed by atoms with Crippen LogP contribution in [0, 0.1) is 0 Å². The second-order valence-electron chi connectivity index (χ2n) is 4.71. The summed E-state index contributed by atoms with van der Waals surface area (Å²) in [6.07, 6.45) is 6.74. The molecule has 2 aromatic heterocycles. The van der Waals surface area contributed by atoms with E-state index in [4.69, 9.17) is 4.42 Å². The molecular weight excluding hydrogens is 310 g/mol. The molecule has 0 unspecified atom stereocenters. The van der Waals surface area contributed by atoms with Crippen molar-refractivity contribution in [2.45, 2.75) is 11.4 Å². The molecule has 3 aromatic rings. The summed E-state index contributed by atoms with van der Waals surface area (Å²) in [5.41, 5.74) is 1.96. The van der Waals surface area contributed by atoms with Crippen molar-refractivity contribution >= 4 is 17.7 Å². The van der Waals surface area contributed by atoms with Crippen molar-refractivity contribution in [3.63, 3.8) is 0 Å². The molecule has 0 saturated heterocycles. The standard InChI is InChI=1S/C17H15N3O2S/c1-23-15-7-3-2-5-12(15)17(21)20-11-13-16(19-9-8-18-13)14-6-4-10-22-14/h2-10H,11H2,1H3,(H,20,21). The summed E-state index contributed by atoms with van der Waals surface area (Å²) in [5.74, 6) is 0.498. The van der Waals surface area contributed by atoms with E-state index in [1.807, 2.05) is 36.6 Å². The van der Waals surface area contributed by atoms with Crippen molar-refractivity contribution in [3.05, 3.63) is 66.3 Å². The Bertz CT molecular complexity index is 803. The molecule has 0 aliphatic rings. The lowest BCUT2D eigenvalue weighted by Gasteiger charge is -2.09. The molecule has 0 radical (unpaired) electrons. The minimum absolute atomic E-state index is 0.133. The van der Waals surface area contributed by atoms with E-state index in [0.29, 0.717) is 22.7 Å². The predicted molar refractivity (Wildman–Crippen MR) is 89.1 cm³/mol. The number of nitrogens with zero attached hydrogens (tertiary/aromatic N) is 2. The fraction of sp³-hybridized carbons (Fsp3) is 0.118. The van der Waals surface area contributed by atoms with Gasteiger partial charge in [-0.2, -0.15) is 0 Å². The fourth-order valence-corrected chi connectivity index (χ4v) is 2.80. The van der Waals surface area contributed by atoms with E-state index < -0.39 is 0 Å². The number of hydrogen-bond donors (Lipinski definition) is 1. The molecule has 6 heteroatoms. The molecule has 0 aliphatic carbocycles. The Morgan fingerprint density at radius 3 is 2.78 bits per heavy atom. The van der Waals surface area contributed by atoms with Gasteiger partial charge in [-0.1, -0.05) is 12.1 Å². The van der Waals surface area contributed by atoms with Gasteiger partial charge >= 0.3 is 0 Å². The van der Waals surface area contributed by atoms with Crippen molar-refractivity contribution in [1.82, 2.24) is 15.3 Å². The fourth-order valence-electron chi connectivity index (χ4n) is 2.21. The molecule has 23 heavy (non-hydrogen) atoms. The van der Waals surface area contributed by atoms with Gasteiger partial charge in [-0.15, -0.1) is 11.8 Å². The number of carbonyl (C=O) groups excluding carboxylic acids is 1. The first-order valence-corrected chi connectivity index (χ1v) is 8.27. The highest BCUT2D eigenvalue weighted by molar-refractivity contribution is 7.98. The van der Waals surface area contributed by atoms with Crippen molar-refractivity contribution in [3.8, 4) is 11.5 Å². The number of rotatable bonds is 5. The summed E-state index contributed by atoms with van der Waals surface area (Å²) < 4.78 is 5.37. The van der Waals surface area contributed by atoms with Crippen LogP contribution >= 0.6 is 11.8 Å². The molecule has 116 valence electrons. The van der Waals surface area contributed by atoms with Crippen molar-refractivity contribution in [2.24, 2.45) is 0 Å². The molecule has 5 nitrogen and oxygen atoms in total. The van der Waals surface area contributed by atoms with Crippen molar-refractivity contribution in [2.75, 3.05) is 6.26 Å². The Morgan fingerprint density at radius 2 is 2.00 bits per heavy atom. The first kappa shape index (κ1) is 15.3. The van der Waals surface area contributed by atoms with Crippen LogP contribution in [0.3, 0.4) is 0 Å². The number of thioether (sulfide) groups is 1. The lowest BCUT2D eigenvalue weighted by atomic mass is 10.2. The van der Waals surface area contributed by atoms with Crippen LogP contribution in [-0.4, -0.2) is 22.1 Å². The third-order valence-electron chi connectivity index (χ3n) is 3.30. The van der Waals surface area contributed by atoms with E-state index in [9.17, 15) is 4.79 Å². The Labute approximate surface area is 138 Å². The molecule has 0 aliphatic heterocycles. The topological polar surface area (TPSA) is 68.0 Å². The number of amides is 1. The quantitative estimate of drug-likeness (QED) is 0.728. The summed E-state index contributed by atoms with van der Waals surface area (Å²) >= 11 is 1.54. The smallest absolute Gasteiger partial charge is 0.252 e. The lowest BCUT2D eigenvalue weighted by Crippen LogP contribution is -2.24. The van der Waals surface area contributed by atoms with Crippen LogP contribution in [0.5, 0.6) is 0 Å². The van der Waals surface area contributed by atoms with Crippen molar-refractivity contribution < 1.29 is 9.21 Å². The molecule has 0 atom stereocenters. The third kappa shape index (κ3) is 3.43. The van der Waals surface area contributed by atoms with E-state index in [-0.39, 0.29) is 12.5 Å². The second-order valence-corrected chi connectivity index (χ2v) is 5.56. The zero-order chi connectivity index (χ0) is 16.1. The Hall–Kier alpha value is -2.60. The van der Waals surface area contributed by atoms with Crippen LogP contribution in [0.4, 0.5) is 0 Å². The van der Waals surface area contributed by atoms with Crippen LogP contribution in [-0.2, 0) is 6.54 Å². The van der Waals surface area contributed by atoms with E-state index in [2.05, 4.69) is 15.3 Å². The van der Waals surface area contributed by atoms with E-state index >= 15 is 0 Å². The normalized spacial score (nSPS) is 10.5. The molecule has 1 amide bonds. The molecule has 1 aromatic carbocycles. The maximum Gasteiger partial charge on any atom is 0.252 e. The maximum atomic E-state index is 12.4. The van der Waals surface area contributed by atoms with Crippen LogP contribution in [0.25, 0.3) is 11.5 Å². The molecule has 3 rings (SSSR count). The number of hydrogen-bond acceptors (Lipinski definition) is 5. The monoisotopic (exact) mass is 325 g/mol. The number of nitrogens with one attached hydrogen (secondary N) is 1. The zero-order valence-electron chi connectivity index (χ0n) is 12.5. The molecule has 0 spiro atoms. The highest BCUT2D eigenvalue weighted by Gasteiger charge is 2.14. The van der Waals surface area contributed by atoms with Gasteiger partial charge in [0.15, 0.2) is 5.76 Å². The largest absolute Gasteiger partial charge is 0.463 e. The zero-order valence-corrected chi connectivity index (χ0v) is 13.3. The average Bonchev–Trinajstić information content (AvgIpc) is 3.14. The van der Waals surface area contributed by atoms with Gasteiger partial charge in [-0.05, 0) is 30.5 Å². The van der Waals surface area contributed by atoms with Crippen LogP contribution in [0.2, 0.25) is 0 Å². The Balaban J connectivity index is 1.78. The van der Waals surface area contributed by atoms with Gasteiger partial charge < -0.3 is 9.73 Å². The number of furan rings is 1. The predicted octanol–water partition coefficient (Wildman–Crippen LogP) is 3.39. The van der Waals surface area contributed by atoms with Gasteiger partial charge in [0.1, 0.15) is 5.69 Å². The van der Waals surface area contributed by atoms with E-state index in [1.165, 1.54) is 0 Å². The average molecular weight is 325 g/mol. The number of benzene rings is 1. The summed E-state index contributed by atoms with van der Waals surface area (Å²) in [6.45, 7) is 0.283. The minimum atomic E-state index is -0.133. The molecule has 1 N–H and O–H groups in total. The molecule has 0 saturated carbocycles. The first-order chi connectivity index (χ1) is 11.3. The Kier molecular flexibility index (Phi) is 4.73. The summed E-state index contributed by atoms with van der Waals surface area (Å²) in [5, 5.41) is 2.90. The Morgan fingerprint density at radius 1 is 1.17 bits per heavy atom. The summed E-state index contributed by atoms with van der Waals surface area (Å²) in [6, 6.07) is 11.1. The van der Waals surface area contributed by atoms with E-state index in [1.54, 1.807) is 36.5 Å². The number of aromatic nitrogens is 2. The highest BCUT2D eigenvalue weighted by Crippen LogP contribution is 2.21. The highest BCUT2D eigenvalue weighted by atomic mass is 32.2. The van der Waals surface area contributed by atoms with Crippen molar-refractivity contribution in [1.29, 1.82) is 0 Å². The van der Waals surface area contributed by atoms with Gasteiger partial charge in [-0.3, -0.25) is 9.78 Å². The minimum Gasteiger partial charge on any atom is -0.463 e.